The molecule has 1 aromatic heterocycles. The first-order chi connectivity index (χ1) is 27.4. The fourth-order valence-corrected chi connectivity index (χ4v) is 8.89. The topological polar surface area (TPSA) is 162 Å². The molecule has 278 valence electrons. The molecule has 2 saturated heterocycles. The monoisotopic (exact) mass is 744 g/mol. The molecule has 3 aliphatic rings. The van der Waals surface area contributed by atoms with Crippen LogP contribution in [0.25, 0.3) is 11.0 Å². The number of nitrogens with zero attached hydrogens (tertiary/aromatic N) is 4. The van der Waals surface area contributed by atoms with Crippen molar-refractivity contribution in [3.63, 3.8) is 0 Å². The van der Waals surface area contributed by atoms with Crippen molar-refractivity contribution in [2.24, 2.45) is 11.7 Å². The largest absolute Gasteiger partial charge is 0.491 e. The summed E-state index contributed by atoms with van der Waals surface area (Å²) in [6.07, 6.45) is -0.809. The van der Waals surface area contributed by atoms with E-state index in [0.29, 0.717) is 28.1 Å². The SMILES string of the molecule is NC(=O)[C@H]1[C@@H]2C(=O)O[C@@H](c3ccccc3)[C@@H](c3ccccc3)N2[C@@H](c2cccc(OCCO)c2)[C@]12C(=O)Nc1ccc(C#CCn3nnc4ccccc43)cc12. The van der Waals surface area contributed by atoms with Crippen molar-refractivity contribution in [1.29, 1.82) is 0 Å². The number of fused-ring (bicyclic) bond motifs is 4. The molecule has 56 heavy (non-hydrogen) atoms. The van der Waals surface area contributed by atoms with Gasteiger partial charge in [0.2, 0.25) is 11.8 Å². The van der Waals surface area contributed by atoms with Crippen molar-refractivity contribution < 1.29 is 29.0 Å². The molecule has 2 amide bonds. The number of esters is 1. The van der Waals surface area contributed by atoms with Gasteiger partial charge in [0.1, 0.15) is 42.0 Å². The number of aliphatic hydroxyl groups is 1. The summed E-state index contributed by atoms with van der Waals surface area (Å²) >= 11 is 0. The Labute approximate surface area is 321 Å². The maximum atomic E-state index is 15.0. The van der Waals surface area contributed by atoms with Gasteiger partial charge in [-0.25, -0.2) is 4.68 Å². The van der Waals surface area contributed by atoms with E-state index in [9.17, 15) is 14.7 Å². The number of anilines is 1. The van der Waals surface area contributed by atoms with Crippen LogP contribution in [0.4, 0.5) is 5.69 Å². The number of hydrogen-bond acceptors (Lipinski definition) is 9. The molecule has 4 heterocycles. The summed E-state index contributed by atoms with van der Waals surface area (Å²) in [5, 5.41) is 21.1. The Morgan fingerprint density at radius 1 is 0.875 bits per heavy atom. The van der Waals surface area contributed by atoms with Gasteiger partial charge >= 0.3 is 5.97 Å². The summed E-state index contributed by atoms with van der Waals surface area (Å²) in [4.78, 5) is 45.7. The summed E-state index contributed by atoms with van der Waals surface area (Å²) in [6, 6.07) is 36.4. The Morgan fingerprint density at radius 3 is 2.38 bits per heavy atom. The Morgan fingerprint density at radius 2 is 1.61 bits per heavy atom. The second-order valence-corrected chi connectivity index (χ2v) is 14.1. The van der Waals surface area contributed by atoms with Crippen LogP contribution >= 0.6 is 0 Å². The summed E-state index contributed by atoms with van der Waals surface area (Å²) in [5.74, 6) is 3.52. The van der Waals surface area contributed by atoms with E-state index in [1.807, 2.05) is 102 Å². The number of nitrogens with one attached hydrogen (secondary N) is 1. The van der Waals surface area contributed by atoms with Crippen LogP contribution in [0.3, 0.4) is 0 Å². The highest BCUT2D eigenvalue weighted by Crippen LogP contribution is 2.64. The van der Waals surface area contributed by atoms with E-state index in [4.69, 9.17) is 15.2 Å². The van der Waals surface area contributed by atoms with Gasteiger partial charge in [-0.3, -0.25) is 19.3 Å². The minimum atomic E-state index is -1.72. The molecule has 0 radical (unpaired) electrons. The number of carbonyl (C=O) groups is 3. The normalized spacial score (nSPS) is 23.8. The third-order valence-electron chi connectivity index (χ3n) is 11.0. The zero-order valence-electron chi connectivity index (χ0n) is 30.0. The minimum absolute atomic E-state index is 0.0420. The van der Waals surface area contributed by atoms with Gasteiger partial charge in [-0.2, -0.15) is 0 Å². The molecule has 6 aromatic rings. The number of morpholine rings is 1. The molecule has 2 fully saturated rings. The number of hydrogen-bond donors (Lipinski definition) is 3. The Bertz CT molecular complexity index is 2550. The van der Waals surface area contributed by atoms with E-state index in [-0.39, 0.29) is 19.8 Å². The molecule has 3 aliphatic heterocycles. The first-order valence-electron chi connectivity index (χ1n) is 18.3. The number of nitrogens with two attached hydrogens (primary N) is 1. The lowest BCUT2D eigenvalue weighted by atomic mass is 9.65. The van der Waals surface area contributed by atoms with Crippen molar-refractivity contribution >= 4 is 34.5 Å². The van der Waals surface area contributed by atoms with Crippen LogP contribution < -0.4 is 15.8 Å². The second kappa shape index (κ2) is 14.1. The number of primary amides is 1. The maximum absolute atomic E-state index is 15.0. The van der Waals surface area contributed by atoms with Crippen molar-refractivity contribution in [2.45, 2.75) is 36.2 Å². The summed E-state index contributed by atoms with van der Waals surface area (Å²) in [7, 11) is 0. The predicted molar refractivity (Wildman–Crippen MR) is 206 cm³/mol. The van der Waals surface area contributed by atoms with Gasteiger partial charge in [0.05, 0.1) is 30.1 Å². The summed E-state index contributed by atoms with van der Waals surface area (Å²) in [5.41, 5.74) is 9.98. The van der Waals surface area contributed by atoms with Crippen molar-refractivity contribution in [3.05, 3.63) is 155 Å². The van der Waals surface area contributed by atoms with Gasteiger partial charge in [0, 0.05) is 11.3 Å². The molecule has 0 bridgehead atoms. The first kappa shape index (κ1) is 34.9. The summed E-state index contributed by atoms with van der Waals surface area (Å²) < 4.78 is 13.9. The lowest BCUT2D eigenvalue weighted by Gasteiger charge is -2.46. The van der Waals surface area contributed by atoms with E-state index < -0.39 is 53.3 Å². The van der Waals surface area contributed by atoms with Crippen molar-refractivity contribution in [1.82, 2.24) is 19.9 Å². The molecular weight excluding hydrogens is 709 g/mol. The van der Waals surface area contributed by atoms with Crippen molar-refractivity contribution in [2.75, 3.05) is 18.5 Å². The van der Waals surface area contributed by atoms with Crippen LogP contribution in [-0.2, 0) is 31.1 Å². The maximum Gasteiger partial charge on any atom is 0.324 e. The van der Waals surface area contributed by atoms with Gasteiger partial charge in [0.15, 0.2) is 0 Å². The van der Waals surface area contributed by atoms with E-state index in [2.05, 4.69) is 27.5 Å². The molecule has 0 aliphatic carbocycles. The number of ether oxygens (including phenoxy) is 2. The molecule has 6 atom stereocenters. The lowest BCUT2D eigenvalue weighted by molar-refractivity contribution is -0.178. The molecule has 12 heteroatoms. The highest BCUT2D eigenvalue weighted by atomic mass is 16.6. The average Bonchev–Trinajstić information content (AvgIpc) is 3.88. The van der Waals surface area contributed by atoms with Gasteiger partial charge < -0.3 is 25.6 Å². The second-order valence-electron chi connectivity index (χ2n) is 14.1. The summed E-state index contributed by atoms with van der Waals surface area (Å²) in [6.45, 7) is 0.0949. The number of cyclic esters (lactones) is 1. The minimum Gasteiger partial charge on any atom is -0.491 e. The van der Waals surface area contributed by atoms with Gasteiger partial charge in [0.25, 0.3) is 0 Å². The number of amides is 2. The van der Waals surface area contributed by atoms with Crippen LogP contribution in [0.2, 0.25) is 0 Å². The van der Waals surface area contributed by atoms with Gasteiger partial charge in [-0.05, 0) is 64.7 Å². The highest BCUT2D eigenvalue weighted by Gasteiger charge is 2.73. The van der Waals surface area contributed by atoms with Crippen LogP contribution in [-0.4, -0.2) is 62.0 Å². The smallest absolute Gasteiger partial charge is 0.324 e. The van der Waals surface area contributed by atoms with Crippen LogP contribution in [0.1, 0.15) is 46.0 Å². The number of benzene rings is 5. The van der Waals surface area contributed by atoms with Gasteiger partial charge in [-0.15, -0.1) is 5.10 Å². The standard InChI is InChI=1S/C44H36N6O6/c45-41(52)36-38-42(53)56-39(29-14-5-2-6-15-29)37(28-12-3-1-4-13-28)50(38)40(30-16-9-17-31(26-30)55-24-23-51)44(36)32-25-27(20-21-33(32)46-43(44)54)11-10-22-49-35-19-8-7-18-34(35)47-48-49/h1-9,12-21,25-26,36-40,51H,22-24H2,(H2,45,52)(H,46,54)/t36-,37-,38-,39+,40+,44-/m1/s1. The Balaban J connectivity index is 1.26. The van der Waals surface area contributed by atoms with E-state index >= 15 is 4.79 Å². The molecule has 1 spiro atoms. The predicted octanol–water partition coefficient (Wildman–Crippen LogP) is 4.61. The molecule has 9 rings (SSSR count). The molecule has 0 unspecified atom stereocenters. The fraction of sp³-hybridized carbons (Fsp3) is 0.205. The number of rotatable bonds is 8. The van der Waals surface area contributed by atoms with Crippen molar-refractivity contribution in [3.8, 4) is 17.6 Å². The average molecular weight is 745 g/mol. The first-order valence-corrected chi connectivity index (χ1v) is 18.3. The Kier molecular flexibility index (Phi) is 8.80. The van der Waals surface area contributed by atoms with Crippen LogP contribution in [0.15, 0.2) is 127 Å². The van der Waals surface area contributed by atoms with Crippen LogP contribution in [0.5, 0.6) is 5.75 Å². The zero-order chi connectivity index (χ0) is 38.4. The van der Waals surface area contributed by atoms with Gasteiger partial charge in [-0.1, -0.05) is 102 Å². The molecule has 4 N–H and O–H groups in total. The highest BCUT2D eigenvalue weighted by molar-refractivity contribution is 6.12. The molecule has 5 aromatic carbocycles. The van der Waals surface area contributed by atoms with E-state index in [1.54, 1.807) is 35.0 Å². The molecule has 0 saturated carbocycles. The number of aromatic nitrogens is 3. The number of aliphatic hydroxyl groups excluding tert-OH is 1. The zero-order valence-corrected chi connectivity index (χ0v) is 30.0. The third-order valence-corrected chi connectivity index (χ3v) is 11.0. The Hall–Kier alpha value is -6.81. The van der Waals surface area contributed by atoms with E-state index in [1.165, 1.54) is 0 Å². The van der Waals surface area contributed by atoms with Crippen LogP contribution in [0, 0.1) is 17.8 Å². The molecule has 12 nitrogen and oxygen atoms in total. The lowest BCUT2D eigenvalue weighted by Crippen LogP contribution is -2.53. The fourth-order valence-electron chi connectivity index (χ4n) is 8.89. The third kappa shape index (κ3) is 5.59. The number of para-hydroxylation sites is 1. The quantitative estimate of drug-likeness (QED) is 0.149. The molecular formula is C44H36N6O6. The number of carbonyl (C=O) groups excluding carboxylic acids is 3. The van der Waals surface area contributed by atoms with E-state index in [0.717, 1.165) is 22.2 Å².